The largest absolute Gasteiger partial charge is 0.477 e. The van der Waals surface area contributed by atoms with E-state index in [1.807, 2.05) is 30.3 Å². The quantitative estimate of drug-likeness (QED) is 0.426. The van der Waals surface area contributed by atoms with Gasteiger partial charge < -0.3 is 16.2 Å². The third-order valence-corrected chi connectivity index (χ3v) is 8.14. The summed E-state index contributed by atoms with van der Waals surface area (Å²) in [5.41, 5.74) is 5.79. The third kappa shape index (κ3) is 4.59. The predicted octanol–water partition coefficient (Wildman–Crippen LogP) is 1.66. The molecular formula is C19H17N5O5S3. The lowest BCUT2D eigenvalue weighted by molar-refractivity contribution is -0.150. The number of primary amides is 1. The minimum atomic E-state index is -1.23. The molecular weight excluding hydrogens is 474 g/mol. The number of hydrogen-bond acceptors (Lipinski definition) is 8. The number of amides is 4. The van der Waals surface area contributed by atoms with E-state index in [9.17, 15) is 24.3 Å². The number of aliphatic carboxylic acids is 1. The highest BCUT2D eigenvalue weighted by Gasteiger charge is 2.54. The van der Waals surface area contributed by atoms with Gasteiger partial charge in [0.05, 0.1) is 12.6 Å². The van der Waals surface area contributed by atoms with Crippen molar-refractivity contribution in [1.29, 1.82) is 0 Å². The van der Waals surface area contributed by atoms with Crippen LogP contribution in [0, 0.1) is 0 Å². The van der Waals surface area contributed by atoms with Gasteiger partial charge in [-0.05, 0) is 5.56 Å². The molecule has 3 heterocycles. The van der Waals surface area contributed by atoms with Crippen LogP contribution in [0.15, 0.2) is 51.5 Å². The molecule has 0 unspecified atom stereocenters. The number of nitrogens with one attached hydrogen (secondary N) is 2. The van der Waals surface area contributed by atoms with Gasteiger partial charge in [-0.1, -0.05) is 53.4 Å². The molecule has 32 heavy (non-hydrogen) atoms. The molecule has 2 aliphatic heterocycles. The number of carbonyl (C=O) groups is 4. The molecule has 4 amide bonds. The molecule has 0 aliphatic carbocycles. The van der Waals surface area contributed by atoms with E-state index >= 15 is 0 Å². The summed E-state index contributed by atoms with van der Waals surface area (Å²) in [7, 11) is 0. The first kappa shape index (κ1) is 22.2. The number of benzene rings is 1. The van der Waals surface area contributed by atoms with Gasteiger partial charge >= 0.3 is 12.0 Å². The molecule has 2 aliphatic rings. The number of urea groups is 1. The summed E-state index contributed by atoms with van der Waals surface area (Å²) in [4.78, 5) is 53.8. The van der Waals surface area contributed by atoms with Gasteiger partial charge in [0.2, 0.25) is 5.91 Å². The Morgan fingerprint density at radius 3 is 2.72 bits per heavy atom. The van der Waals surface area contributed by atoms with Gasteiger partial charge in [0.15, 0.2) is 4.34 Å². The number of thioether (sulfide) groups is 2. The molecule has 166 valence electrons. The molecule has 1 fully saturated rings. The number of carbonyl (C=O) groups excluding carboxylic acids is 3. The Kier molecular flexibility index (Phi) is 6.39. The molecule has 1 aromatic heterocycles. The monoisotopic (exact) mass is 491 g/mol. The topological polar surface area (TPSA) is 155 Å². The van der Waals surface area contributed by atoms with Gasteiger partial charge in [0, 0.05) is 10.7 Å². The Morgan fingerprint density at radius 1 is 1.28 bits per heavy atom. The summed E-state index contributed by atoms with van der Waals surface area (Å²) in [5, 5.41) is 14.8. The molecule has 4 rings (SSSR count). The molecule has 5 N–H and O–H groups in total. The van der Waals surface area contributed by atoms with E-state index in [0.29, 0.717) is 20.0 Å². The maximum atomic E-state index is 12.7. The van der Waals surface area contributed by atoms with E-state index in [0.717, 1.165) is 28.7 Å². The zero-order chi connectivity index (χ0) is 22.8. The summed E-state index contributed by atoms with van der Waals surface area (Å²) < 4.78 is 0.502. The summed E-state index contributed by atoms with van der Waals surface area (Å²) in [5.74, 6) is -1.65. The highest BCUT2D eigenvalue weighted by atomic mass is 32.2. The van der Waals surface area contributed by atoms with Crippen molar-refractivity contribution in [3.63, 3.8) is 0 Å². The second-order valence-corrected chi connectivity index (χ2v) is 10.3. The number of rotatable bonds is 7. The minimum Gasteiger partial charge on any atom is -0.477 e. The number of anilines is 1. The van der Waals surface area contributed by atoms with Crippen molar-refractivity contribution in [2.45, 2.75) is 22.2 Å². The number of nitrogens with two attached hydrogens (primary N) is 1. The van der Waals surface area contributed by atoms with Crippen LogP contribution < -0.4 is 16.4 Å². The average Bonchev–Trinajstić information content (AvgIpc) is 3.18. The van der Waals surface area contributed by atoms with Crippen LogP contribution >= 0.6 is 34.9 Å². The van der Waals surface area contributed by atoms with Crippen molar-refractivity contribution in [1.82, 2.24) is 15.2 Å². The Balaban J connectivity index is 1.46. The lowest BCUT2D eigenvalue weighted by Crippen LogP contribution is -2.70. The smallest absolute Gasteiger partial charge is 0.353 e. The SMILES string of the molecule is NC(=O)Nc1cnc(SC2=C(C(=O)O)N3C(=O)[C@@H](NC(=O)Cc4ccccc4)[C@@H]3SC2)s1. The molecule has 0 radical (unpaired) electrons. The van der Waals surface area contributed by atoms with Crippen molar-refractivity contribution >= 4 is 63.7 Å². The number of fused-ring (bicyclic) bond motifs is 1. The molecule has 13 heteroatoms. The lowest BCUT2D eigenvalue weighted by Gasteiger charge is -2.49. The maximum absolute atomic E-state index is 12.7. The molecule has 1 aromatic carbocycles. The summed E-state index contributed by atoms with van der Waals surface area (Å²) in [6.45, 7) is 0. The lowest BCUT2D eigenvalue weighted by atomic mass is 10.0. The standard InChI is InChI=1S/C19H17N5O5S3/c20-18(29)23-12-7-21-19(32-12)31-10-8-30-16-13(15(26)24(16)14(10)17(27)28)22-11(25)6-9-4-2-1-3-5-9/h1-5,7,13,16H,6,8H2,(H,22,25)(H,27,28)(H3,20,23,29)/t13-,16+/m1/s1. The Bertz CT molecular complexity index is 1120. The molecule has 0 saturated carbocycles. The highest BCUT2D eigenvalue weighted by molar-refractivity contribution is 8.07. The number of hydrogen-bond donors (Lipinski definition) is 4. The first-order valence-electron chi connectivity index (χ1n) is 9.28. The van der Waals surface area contributed by atoms with E-state index in [1.54, 1.807) is 0 Å². The van der Waals surface area contributed by atoms with Gasteiger partial charge in [0.25, 0.3) is 5.91 Å². The Morgan fingerprint density at radius 2 is 2.03 bits per heavy atom. The molecule has 1 saturated heterocycles. The fourth-order valence-electron chi connectivity index (χ4n) is 3.26. The van der Waals surface area contributed by atoms with E-state index in [2.05, 4.69) is 15.6 Å². The van der Waals surface area contributed by atoms with Crippen LogP contribution in [0.5, 0.6) is 0 Å². The van der Waals surface area contributed by atoms with Crippen LogP contribution in [0.25, 0.3) is 0 Å². The maximum Gasteiger partial charge on any atom is 0.353 e. The number of β-lactam (4-membered cyclic amide) rings is 1. The van der Waals surface area contributed by atoms with Crippen LogP contribution in [0.1, 0.15) is 5.56 Å². The van der Waals surface area contributed by atoms with E-state index in [-0.39, 0.29) is 18.0 Å². The summed E-state index contributed by atoms with van der Waals surface area (Å²) >= 11 is 3.64. The van der Waals surface area contributed by atoms with E-state index in [4.69, 9.17) is 5.73 Å². The van der Waals surface area contributed by atoms with Crippen molar-refractivity contribution in [2.24, 2.45) is 5.73 Å². The van der Waals surface area contributed by atoms with Crippen molar-refractivity contribution in [3.05, 3.63) is 52.7 Å². The second-order valence-electron chi connectivity index (χ2n) is 6.78. The number of nitrogens with zero attached hydrogens (tertiary/aromatic N) is 2. The van der Waals surface area contributed by atoms with Crippen molar-refractivity contribution in [3.8, 4) is 0 Å². The Labute approximate surface area is 194 Å². The Hall–Kier alpha value is -3.03. The average molecular weight is 492 g/mol. The number of carboxylic acids is 1. The minimum absolute atomic E-state index is 0.114. The van der Waals surface area contributed by atoms with Crippen molar-refractivity contribution in [2.75, 3.05) is 11.1 Å². The van der Waals surface area contributed by atoms with E-state index < -0.39 is 29.3 Å². The number of carboxylic acid groups (broad SMARTS) is 1. The second kappa shape index (κ2) is 9.22. The van der Waals surface area contributed by atoms with Crippen LogP contribution in [-0.2, 0) is 20.8 Å². The third-order valence-electron chi connectivity index (χ3n) is 4.60. The van der Waals surface area contributed by atoms with Gasteiger partial charge in [0.1, 0.15) is 22.1 Å². The van der Waals surface area contributed by atoms with Gasteiger partial charge in [-0.2, -0.15) is 0 Å². The van der Waals surface area contributed by atoms with Gasteiger partial charge in [-0.25, -0.2) is 14.6 Å². The first-order valence-corrected chi connectivity index (χ1v) is 12.0. The van der Waals surface area contributed by atoms with Crippen LogP contribution in [0.2, 0.25) is 0 Å². The van der Waals surface area contributed by atoms with Crippen LogP contribution in [0.3, 0.4) is 0 Å². The van der Waals surface area contributed by atoms with Gasteiger partial charge in [-0.3, -0.25) is 19.8 Å². The molecule has 10 nitrogen and oxygen atoms in total. The summed E-state index contributed by atoms with van der Waals surface area (Å²) in [6, 6.07) is 7.65. The zero-order valence-corrected chi connectivity index (χ0v) is 18.8. The van der Waals surface area contributed by atoms with E-state index in [1.165, 1.54) is 22.9 Å². The molecule has 2 aromatic rings. The van der Waals surface area contributed by atoms with Crippen LogP contribution in [-0.4, -0.2) is 56.0 Å². The normalized spacial score (nSPS) is 19.8. The van der Waals surface area contributed by atoms with Crippen molar-refractivity contribution < 1.29 is 24.3 Å². The van der Waals surface area contributed by atoms with Crippen LogP contribution in [0.4, 0.5) is 9.80 Å². The van der Waals surface area contributed by atoms with Gasteiger partial charge in [-0.15, -0.1) is 11.8 Å². The zero-order valence-electron chi connectivity index (χ0n) is 16.3. The number of thiazole rings is 1. The number of aromatic nitrogens is 1. The molecule has 2 atom stereocenters. The fourth-order valence-corrected chi connectivity index (χ4v) is 6.79. The summed E-state index contributed by atoms with van der Waals surface area (Å²) in [6.07, 6.45) is 1.56. The molecule has 0 bridgehead atoms. The first-order chi connectivity index (χ1) is 15.3. The predicted molar refractivity (Wildman–Crippen MR) is 121 cm³/mol. The molecule has 0 spiro atoms. The highest BCUT2D eigenvalue weighted by Crippen LogP contribution is 2.46. The fraction of sp³-hybridized carbons (Fsp3) is 0.211.